The van der Waals surface area contributed by atoms with Crippen LogP contribution >= 0.6 is 0 Å². The van der Waals surface area contributed by atoms with Crippen LogP contribution in [0.3, 0.4) is 0 Å². The van der Waals surface area contributed by atoms with Crippen molar-refractivity contribution >= 4 is 12.4 Å². The van der Waals surface area contributed by atoms with Gasteiger partial charge in [-0.25, -0.2) is 0 Å². The fraction of sp³-hybridized carbons (Fsp3) is 0. The molecule has 1 aromatic carbocycles. The maximum Gasteiger partial charge on any atom is 0.142 e. The molecule has 0 atom stereocenters. The van der Waals surface area contributed by atoms with Gasteiger partial charge in [0.05, 0.1) is 0 Å². The van der Waals surface area contributed by atoms with Gasteiger partial charge in [-0.3, -0.25) is 4.79 Å². The molecular weight excluding hydrogens is 220 g/mol. The van der Waals surface area contributed by atoms with Gasteiger partial charge in [0.15, 0.2) is 0 Å². The zero-order chi connectivity index (χ0) is 12.9. The molecule has 0 fully saturated rings. The van der Waals surface area contributed by atoms with Crippen LogP contribution in [0.2, 0.25) is 0 Å². The molecule has 0 unspecified atom stereocenters. The number of hydrogen-bond acceptors (Lipinski definition) is 1. The Morgan fingerprint density at radius 1 is 0.611 bits per heavy atom. The van der Waals surface area contributed by atoms with Gasteiger partial charge in [-0.15, -0.1) is 0 Å². The Kier molecular flexibility index (Phi) is 7.43. The van der Waals surface area contributed by atoms with Gasteiger partial charge in [-0.05, 0) is 11.6 Å². The maximum atomic E-state index is 9.97. The predicted molar refractivity (Wildman–Crippen MR) is 78.1 cm³/mol. The molecule has 0 saturated carbocycles. The molecule has 0 spiro atoms. The first kappa shape index (κ1) is 13.7. The van der Waals surface area contributed by atoms with Gasteiger partial charge in [0.2, 0.25) is 0 Å². The number of rotatable bonds is 6. The third-order valence-corrected chi connectivity index (χ3v) is 2.06. The van der Waals surface area contributed by atoms with Crippen LogP contribution in [-0.4, -0.2) is 6.29 Å². The highest BCUT2D eigenvalue weighted by Gasteiger charge is 1.78. The quantitative estimate of drug-likeness (QED) is 0.412. The van der Waals surface area contributed by atoms with E-state index < -0.39 is 0 Å². The minimum atomic E-state index is 0.752. The van der Waals surface area contributed by atoms with Gasteiger partial charge >= 0.3 is 0 Å². The van der Waals surface area contributed by atoms with E-state index >= 15 is 0 Å². The molecule has 0 bridgehead atoms. The smallest absolute Gasteiger partial charge is 0.142 e. The molecule has 1 rings (SSSR count). The summed E-state index contributed by atoms with van der Waals surface area (Å²) in [6, 6.07) is 10.1. The van der Waals surface area contributed by atoms with Gasteiger partial charge < -0.3 is 0 Å². The van der Waals surface area contributed by atoms with E-state index in [4.69, 9.17) is 0 Å². The molecule has 0 aliphatic carbocycles. The summed E-state index contributed by atoms with van der Waals surface area (Å²) >= 11 is 0. The lowest BCUT2D eigenvalue weighted by Crippen LogP contribution is -1.66. The molecule has 1 aromatic rings. The number of allylic oxidation sites excluding steroid dienone is 9. The first-order valence-electron chi connectivity index (χ1n) is 5.77. The minimum Gasteiger partial charge on any atom is -0.299 e. The Morgan fingerprint density at radius 3 is 1.67 bits per heavy atom. The number of aldehydes is 1. The van der Waals surface area contributed by atoms with Crippen LogP contribution in [0, 0.1) is 0 Å². The van der Waals surface area contributed by atoms with E-state index in [9.17, 15) is 4.79 Å². The van der Waals surface area contributed by atoms with Crippen LogP contribution in [0.4, 0.5) is 0 Å². The zero-order valence-electron chi connectivity index (χ0n) is 10.1. The molecule has 0 radical (unpaired) electrons. The molecule has 1 heteroatoms. The fourth-order valence-corrected chi connectivity index (χ4v) is 1.23. The first-order chi connectivity index (χ1) is 8.93. The Morgan fingerprint density at radius 2 is 1.11 bits per heavy atom. The number of hydrogen-bond donors (Lipinski definition) is 0. The third kappa shape index (κ3) is 6.96. The van der Waals surface area contributed by atoms with Crippen molar-refractivity contribution in [3.05, 3.63) is 90.6 Å². The number of carbonyl (C=O) groups is 1. The van der Waals surface area contributed by atoms with Crippen molar-refractivity contribution in [2.75, 3.05) is 0 Å². The summed E-state index contributed by atoms with van der Waals surface area (Å²) in [5.74, 6) is 0. The SMILES string of the molecule is O=C\C=C/C=C\C=C/C=C\C=C\c1ccccc1. The van der Waals surface area contributed by atoms with E-state index in [1.807, 2.05) is 60.7 Å². The second kappa shape index (κ2) is 9.79. The summed E-state index contributed by atoms with van der Waals surface area (Å²) in [6.45, 7) is 0. The number of carbonyl (C=O) groups excluding carboxylic acids is 1. The van der Waals surface area contributed by atoms with Crippen molar-refractivity contribution in [3.8, 4) is 0 Å². The van der Waals surface area contributed by atoms with Gasteiger partial charge in [-0.2, -0.15) is 0 Å². The molecule has 18 heavy (non-hydrogen) atoms. The van der Waals surface area contributed by atoms with Crippen LogP contribution in [0.5, 0.6) is 0 Å². The van der Waals surface area contributed by atoms with Crippen molar-refractivity contribution < 1.29 is 4.79 Å². The van der Waals surface area contributed by atoms with Crippen LogP contribution in [0.25, 0.3) is 6.08 Å². The highest BCUT2D eigenvalue weighted by molar-refractivity contribution is 5.65. The van der Waals surface area contributed by atoms with E-state index in [1.54, 1.807) is 12.2 Å². The van der Waals surface area contributed by atoms with E-state index in [1.165, 1.54) is 11.6 Å². The van der Waals surface area contributed by atoms with E-state index in [-0.39, 0.29) is 0 Å². The zero-order valence-corrected chi connectivity index (χ0v) is 10.1. The molecule has 0 amide bonds. The molecule has 0 saturated heterocycles. The van der Waals surface area contributed by atoms with Crippen molar-refractivity contribution in [1.82, 2.24) is 0 Å². The summed E-state index contributed by atoms with van der Waals surface area (Å²) in [5.41, 5.74) is 1.19. The van der Waals surface area contributed by atoms with Crippen LogP contribution in [-0.2, 0) is 4.79 Å². The molecule has 0 aliphatic heterocycles. The summed E-state index contributed by atoms with van der Waals surface area (Å²) < 4.78 is 0. The van der Waals surface area contributed by atoms with Crippen molar-refractivity contribution in [1.29, 1.82) is 0 Å². The summed E-state index contributed by atoms with van der Waals surface area (Å²) in [4.78, 5) is 9.97. The molecule has 0 N–H and O–H groups in total. The minimum absolute atomic E-state index is 0.752. The van der Waals surface area contributed by atoms with Crippen LogP contribution < -0.4 is 0 Å². The average Bonchev–Trinajstić information content (AvgIpc) is 2.42. The molecule has 0 aromatic heterocycles. The summed E-state index contributed by atoms with van der Waals surface area (Å²) in [5, 5.41) is 0. The second-order valence-corrected chi connectivity index (χ2v) is 3.45. The molecule has 90 valence electrons. The highest BCUT2D eigenvalue weighted by Crippen LogP contribution is 2.00. The van der Waals surface area contributed by atoms with Crippen LogP contribution in [0.15, 0.2) is 85.0 Å². The first-order valence-corrected chi connectivity index (χ1v) is 5.77. The van der Waals surface area contributed by atoms with Crippen molar-refractivity contribution in [2.24, 2.45) is 0 Å². The second-order valence-electron chi connectivity index (χ2n) is 3.45. The van der Waals surface area contributed by atoms with E-state index in [0.717, 1.165) is 6.29 Å². The Labute approximate surface area is 108 Å². The third-order valence-electron chi connectivity index (χ3n) is 2.06. The highest BCUT2D eigenvalue weighted by atomic mass is 16.1. The molecule has 0 heterocycles. The Bertz CT molecular complexity index is 474. The number of benzene rings is 1. The maximum absolute atomic E-state index is 9.97. The van der Waals surface area contributed by atoms with Crippen molar-refractivity contribution in [3.63, 3.8) is 0 Å². The fourth-order valence-electron chi connectivity index (χ4n) is 1.23. The van der Waals surface area contributed by atoms with Crippen LogP contribution in [0.1, 0.15) is 5.56 Å². The van der Waals surface area contributed by atoms with Gasteiger partial charge in [0.1, 0.15) is 6.29 Å². The monoisotopic (exact) mass is 236 g/mol. The lowest BCUT2D eigenvalue weighted by molar-refractivity contribution is -0.104. The lowest BCUT2D eigenvalue weighted by Gasteiger charge is -1.87. The molecule has 0 aliphatic rings. The summed E-state index contributed by atoms with van der Waals surface area (Å²) in [7, 11) is 0. The van der Waals surface area contributed by atoms with E-state index in [2.05, 4.69) is 12.1 Å². The average molecular weight is 236 g/mol. The topological polar surface area (TPSA) is 17.1 Å². The van der Waals surface area contributed by atoms with Gasteiger partial charge in [0, 0.05) is 0 Å². The Hall–Kier alpha value is -2.41. The Balaban J connectivity index is 2.31. The molecular formula is C17H16O. The molecule has 1 nitrogen and oxygen atoms in total. The largest absolute Gasteiger partial charge is 0.299 e. The van der Waals surface area contributed by atoms with Crippen molar-refractivity contribution in [2.45, 2.75) is 0 Å². The van der Waals surface area contributed by atoms with E-state index in [0.29, 0.717) is 0 Å². The summed E-state index contributed by atoms with van der Waals surface area (Å²) in [6.07, 6.45) is 19.4. The standard InChI is InChI=1S/C17H16O/c18-16-12-7-5-3-1-2-4-6-9-13-17-14-10-8-11-15-17/h1-16H/b2-1-,5-3-,6-4-,12-7-,13-9+. The lowest BCUT2D eigenvalue weighted by atomic mass is 10.2. The van der Waals surface area contributed by atoms with Gasteiger partial charge in [-0.1, -0.05) is 85.0 Å². The predicted octanol–water partition coefficient (Wildman–Crippen LogP) is 4.12. The van der Waals surface area contributed by atoms with Gasteiger partial charge in [0.25, 0.3) is 0 Å². The normalized spacial score (nSPS) is 12.7.